The summed E-state index contributed by atoms with van der Waals surface area (Å²) in [5.74, 6) is 10.8. The summed E-state index contributed by atoms with van der Waals surface area (Å²) < 4.78 is 0. The van der Waals surface area contributed by atoms with Crippen molar-refractivity contribution in [2.24, 2.45) is 105 Å². The van der Waals surface area contributed by atoms with E-state index in [9.17, 15) is 5.11 Å². The van der Waals surface area contributed by atoms with Crippen molar-refractivity contribution in [3.05, 3.63) is 0 Å². The molecule has 13 atom stereocenters. The van der Waals surface area contributed by atoms with Gasteiger partial charge < -0.3 is 5.11 Å². The van der Waals surface area contributed by atoms with E-state index in [0.29, 0.717) is 58.4 Å². The highest BCUT2D eigenvalue weighted by molar-refractivity contribution is 5.43. The molecule has 0 aliphatic heterocycles. The van der Waals surface area contributed by atoms with Gasteiger partial charge in [0.15, 0.2) is 0 Å². The van der Waals surface area contributed by atoms with Crippen molar-refractivity contribution in [2.75, 3.05) is 6.61 Å². The molecule has 1 heteroatoms. The molecular weight excluding hydrogens is 472 g/mol. The molecule has 0 aromatic carbocycles. The van der Waals surface area contributed by atoms with E-state index in [0.717, 1.165) is 53.3 Å². The maximum Gasteiger partial charge on any atom is 0.0464 e. The van der Waals surface area contributed by atoms with E-state index >= 15 is 0 Å². The van der Waals surface area contributed by atoms with Gasteiger partial charge in [0.25, 0.3) is 0 Å². The molecule has 39 heavy (non-hydrogen) atoms. The largest absolute Gasteiger partial charge is 0.396 e. The Kier molecular flexibility index (Phi) is 9.92. The van der Waals surface area contributed by atoms with Gasteiger partial charge in [0.1, 0.15) is 0 Å². The Balaban J connectivity index is 2.35. The summed E-state index contributed by atoms with van der Waals surface area (Å²) >= 11 is 0. The second-order valence-corrected chi connectivity index (χ2v) is 17.4. The first-order chi connectivity index (χ1) is 18.0. The molecule has 13 unspecified atom stereocenters. The van der Waals surface area contributed by atoms with E-state index in [4.69, 9.17) is 0 Å². The third-order valence-corrected chi connectivity index (χ3v) is 14.6. The zero-order valence-corrected chi connectivity index (χ0v) is 29.4. The minimum Gasteiger partial charge on any atom is -0.396 e. The van der Waals surface area contributed by atoms with Crippen LogP contribution in [-0.2, 0) is 0 Å². The van der Waals surface area contributed by atoms with Crippen molar-refractivity contribution >= 4 is 0 Å². The molecule has 1 nitrogen and oxygen atoms in total. The molecule has 1 N–H and O–H groups in total. The third kappa shape index (κ3) is 4.46. The van der Waals surface area contributed by atoms with Crippen molar-refractivity contribution in [2.45, 2.75) is 130 Å². The molecule has 3 rings (SSSR count). The topological polar surface area (TPSA) is 20.2 Å². The molecule has 3 aliphatic rings. The monoisotopic (exact) mass is 545 g/mol. The summed E-state index contributed by atoms with van der Waals surface area (Å²) in [6, 6.07) is 0. The van der Waals surface area contributed by atoms with E-state index in [1.165, 1.54) is 19.3 Å². The summed E-state index contributed by atoms with van der Waals surface area (Å²) in [7, 11) is 0. The second-order valence-electron chi connectivity index (χ2n) is 17.4. The maximum absolute atomic E-state index is 10.7. The van der Waals surface area contributed by atoms with Gasteiger partial charge in [-0.2, -0.15) is 0 Å². The van der Waals surface area contributed by atoms with Crippen molar-refractivity contribution in [1.29, 1.82) is 0 Å². The Labute approximate surface area is 246 Å². The maximum atomic E-state index is 10.7. The lowest BCUT2D eigenvalue weighted by molar-refractivity contribution is -0.230. The number of hydrogen-bond acceptors (Lipinski definition) is 1. The number of rotatable bonds is 15. The van der Waals surface area contributed by atoms with E-state index in [2.05, 4.69) is 111 Å². The van der Waals surface area contributed by atoms with Crippen LogP contribution in [0.25, 0.3) is 0 Å². The molecule has 0 saturated heterocycles. The van der Waals surface area contributed by atoms with Crippen LogP contribution in [0.2, 0.25) is 0 Å². The van der Waals surface area contributed by atoms with Crippen LogP contribution < -0.4 is 0 Å². The smallest absolute Gasteiger partial charge is 0.0464 e. The van der Waals surface area contributed by atoms with Crippen molar-refractivity contribution in [3.8, 4) is 0 Å². The number of aliphatic hydroxyl groups is 1. The number of fused-ring (bicyclic) bond motifs is 1. The van der Waals surface area contributed by atoms with Crippen LogP contribution in [0.5, 0.6) is 0 Å². The minimum atomic E-state index is 0.347. The molecule has 0 aromatic rings. The lowest BCUT2D eigenvalue weighted by Crippen LogP contribution is -2.66. The summed E-state index contributed by atoms with van der Waals surface area (Å²) in [5, 5.41) is 10.7. The summed E-state index contributed by atoms with van der Waals surface area (Å²) in [6.45, 7) is 41.0. The molecule has 3 aliphatic carbocycles. The van der Waals surface area contributed by atoms with Crippen LogP contribution in [0.4, 0.5) is 0 Å². The zero-order chi connectivity index (χ0) is 30.0. The van der Waals surface area contributed by atoms with Crippen LogP contribution in [-0.4, -0.2) is 11.7 Å². The minimum absolute atomic E-state index is 0.347. The Bertz CT molecular complexity index is 808. The average molecular weight is 545 g/mol. The zero-order valence-electron chi connectivity index (χ0n) is 29.4. The van der Waals surface area contributed by atoms with E-state index in [-0.39, 0.29) is 0 Å². The standard InChI is InChI=1S/C38H72O/c1-17-19-36(15,16)30(18-2)38-34-31(28(14)29(20-39)23(7)8)32(27(13)25(11)21(3)4)37(38,24(9)10)33(35(34)38)26(12)22(5)6/h21-35,39H,17-20H2,1-16H3. The SMILES string of the molecule is CCCC(C)(C)C(CC)C12C3C(C(C)C(CO)C(C)C)C(C(C)C(C)C(C)C)C1(C(C)C)C(C(C)C(C)C)C32. The molecular formula is C38H72O. The quantitative estimate of drug-likeness (QED) is 0.217. The summed E-state index contributed by atoms with van der Waals surface area (Å²) in [4.78, 5) is 0. The lowest BCUT2D eigenvalue weighted by Gasteiger charge is -2.69. The van der Waals surface area contributed by atoms with E-state index in [1.807, 2.05) is 0 Å². The van der Waals surface area contributed by atoms with Gasteiger partial charge in [-0.25, -0.2) is 0 Å². The van der Waals surface area contributed by atoms with Crippen LogP contribution in [0.1, 0.15) is 130 Å². The first kappa shape index (κ1) is 33.5. The molecule has 3 saturated carbocycles. The second kappa shape index (κ2) is 11.6. The number of aliphatic hydroxyl groups excluding tert-OH is 1. The fourth-order valence-electron chi connectivity index (χ4n) is 12.9. The molecule has 0 radical (unpaired) electrons. The van der Waals surface area contributed by atoms with Crippen LogP contribution >= 0.6 is 0 Å². The Hall–Kier alpha value is -0.0400. The van der Waals surface area contributed by atoms with Gasteiger partial charge in [0, 0.05) is 6.61 Å². The fraction of sp³-hybridized carbons (Fsp3) is 1.00. The third-order valence-electron chi connectivity index (χ3n) is 14.6. The van der Waals surface area contributed by atoms with Gasteiger partial charge >= 0.3 is 0 Å². The van der Waals surface area contributed by atoms with Crippen molar-refractivity contribution in [1.82, 2.24) is 0 Å². The Morgan fingerprint density at radius 2 is 1.23 bits per heavy atom. The average Bonchev–Trinajstić information content (AvgIpc) is 3.32. The van der Waals surface area contributed by atoms with E-state index in [1.54, 1.807) is 0 Å². The molecule has 0 aromatic heterocycles. The van der Waals surface area contributed by atoms with Gasteiger partial charge in [-0.15, -0.1) is 0 Å². The lowest BCUT2D eigenvalue weighted by atomic mass is 9.34. The summed E-state index contributed by atoms with van der Waals surface area (Å²) in [5.41, 5.74) is 1.29. The predicted molar refractivity (Wildman–Crippen MR) is 171 cm³/mol. The highest BCUT2D eigenvalue weighted by atomic mass is 16.3. The molecule has 0 spiro atoms. The van der Waals surface area contributed by atoms with Gasteiger partial charge in [-0.1, -0.05) is 124 Å². The number of hydrogen-bond donors (Lipinski definition) is 1. The Morgan fingerprint density at radius 1 is 0.667 bits per heavy atom. The highest BCUT2D eigenvalue weighted by Gasteiger charge is 2.97. The normalized spacial score (nSPS) is 38.5. The predicted octanol–water partition coefficient (Wildman–Crippen LogP) is 10.7. The van der Waals surface area contributed by atoms with Gasteiger partial charge in [-0.3, -0.25) is 0 Å². The first-order valence-electron chi connectivity index (χ1n) is 17.6. The van der Waals surface area contributed by atoms with Crippen LogP contribution in [0.3, 0.4) is 0 Å². The van der Waals surface area contributed by atoms with Crippen LogP contribution in [0, 0.1) is 105 Å². The van der Waals surface area contributed by atoms with Gasteiger partial charge in [0.05, 0.1) is 0 Å². The van der Waals surface area contributed by atoms with Crippen molar-refractivity contribution < 1.29 is 5.11 Å². The van der Waals surface area contributed by atoms with Crippen LogP contribution in [0.15, 0.2) is 0 Å². The molecule has 0 amide bonds. The Morgan fingerprint density at radius 3 is 1.62 bits per heavy atom. The fourth-order valence-corrected chi connectivity index (χ4v) is 12.9. The molecule has 230 valence electrons. The van der Waals surface area contributed by atoms with Crippen molar-refractivity contribution in [3.63, 3.8) is 0 Å². The van der Waals surface area contributed by atoms with E-state index < -0.39 is 0 Å². The summed E-state index contributed by atoms with van der Waals surface area (Å²) in [6.07, 6.45) is 3.96. The molecule has 3 fully saturated rings. The van der Waals surface area contributed by atoms with Gasteiger partial charge in [0.2, 0.25) is 0 Å². The molecule has 0 bridgehead atoms. The molecule has 0 heterocycles. The first-order valence-corrected chi connectivity index (χ1v) is 17.6. The van der Waals surface area contributed by atoms with Gasteiger partial charge in [-0.05, 0) is 111 Å². The highest BCUT2D eigenvalue weighted by Crippen LogP contribution is 3.00.